The summed E-state index contributed by atoms with van der Waals surface area (Å²) in [5, 5.41) is 0. The molecule has 0 saturated heterocycles. The minimum Gasteiger partial charge on any atom is -0.481 e. The number of benzene rings is 1. The Hall–Kier alpha value is -2.04. The number of rotatable bonds is 4. The molecule has 0 spiro atoms. The number of aryl methyl sites for hydroxylation is 1. The molecule has 1 aliphatic rings. The van der Waals surface area contributed by atoms with E-state index in [1.807, 2.05) is 31.2 Å². The van der Waals surface area contributed by atoms with Crippen molar-refractivity contribution in [1.29, 1.82) is 0 Å². The van der Waals surface area contributed by atoms with Gasteiger partial charge in [-0.1, -0.05) is 37.5 Å². The average molecular weight is 304 g/mol. The molecule has 22 heavy (non-hydrogen) atoms. The highest BCUT2D eigenvalue weighted by Gasteiger charge is 2.22. The van der Waals surface area contributed by atoms with Gasteiger partial charge >= 0.3 is 0 Å². The highest BCUT2D eigenvalue weighted by molar-refractivity contribution is 5.85. The lowest BCUT2D eigenvalue weighted by atomic mass is 9.89. The average Bonchev–Trinajstić information content (AvgIpc) is 2.55. The molecular weight excluding hydrogens is 280 g/mol. The lowest BCUT2D eigenvalue weighted by Gasteiger charge is -2.21. The van der Waals surface area contributed by atoms with E-state index in [-0.39, 0.29) is 17.7 Å². The zero-order valence-electron chi connectivity index (χ0n) is 13.2. The summed E-state index contributed by atoms with van der Waals surface area (Å²) in [6, 6.07) is 7.51. The number of hydrogen-bond donors (Lipinski definition) is 2. The second kappa shape index (κ2) is 7.82. The topological polar surface area (TPSA) is 67.4 Å². The number of carbonyl (C=O) groups excluding carboxylic acids is 2. The van der Waals surface area contributed by atoms with Gasteiger partial charge in [-0.25, -0.2) is 0 Å². The molecule has 2 N–H and O–H groups in total. The third-order valence-electron chi connectivity index (χ3n) is 4.05. The van der Waals surface area contributed by atoms with E-state index in [0.717, 1.165) is 31.2 Å². The minimum absolute atomic E-state index is 0.0154. The Morgan fingerprint density at radius 2 is 1.82 bits per heavy atom. The summed E-state index contributed by atoms with van der Waals surface area (Å²) in [6.45, 7) is 3.58. The molecule has 120 valence electrons. The SMILES string of the molecule is Cc1ccccc1OC(C)C(=O)NNC(=O)C1CCCCC1. The first-order valence-electron chi connectivity index (χ1n) is 7.90. The van der Waals surface area contributed by atoms with E-state index in [1.165, 1.54) is 6.42 Å². The monoisotopic (exact) mass is 304 g/mol. The summed E-state index contributed by atoms with van der Waals surface area (Å²) < 4.78 is 5.62. The Labute approximate surface area is 131 Å². The van der Waals surface area contributed by atoms with Crippen LogP contribution in [0.25, 0.3) is 0 Å². The summed E-state index contributed by atoms with van der Waals surface area (Å²) in [4.78, 5) is 24.0. The van der Waals surface area contributed by atoms with Crippen LogP contribution < -0.4 is 15.6 Å². The Morgan fingerprint density at radius 3 is 2.50 bits per heavy atom. The van der Waals surface area contributed by atoms with E-state index in [2.05, 4.69) is 10.9 Å². The molecule has 0 bridgehead atoms. The molecule has 1 aromatic carbocycles. The maximum atomic E-state index is 12.0. The Bertz CT molecular complexity index is 524. The lowest BCUT2D eigenvalue weighted by molar-refractivity contribution is -0.134. The fourth-order valence-corrected chi connectivity index (χ4v) is 2.62. The number of carbonyl (C=O) groups is 2. The summed E-state index contributed by atoms with van der Waals surface area (Å²) in [6.07, 6.45) is 4.48. The van der Waals surface area contributed by atoms with Crippen molar-refractivity contribution in [3.63, 3.8) is 0 Å². The lowest BCUT2D eigenvalue weighted by Crippen LogP contribution is -2.49. The van der Waals surface area contributed by atoms with Gasteiger partial charge in [0, 0.05) is 5.92 Å². The molecule has 1 saturated carbocycles. The van der Waals surface area contributed by atoms with Crippen LogP contribution in [0.3, 0.4) is 0 Å². The second-order valence-electron chi connectivity index (χ2n) is 5.84. The molecule has 5 nitrogen and oxygen atoms in total. The number of nitrogens with one attached hydrogen (secondary N) is 2. The Kier molecular flexibility index (Phi) is 5.81. The van der Waals surface area contributed by atoms with Crippen molar-refractivity contribution in [1.82, 2.24) is 10.9 Å². The maximum absolute atomic E-state index is 12.0. The van der Waals surface area contributed by atoms with Gasteiger partial charge in [-0.15, -0.1) is 0 Å². The zero-order chi connectivity index (χ0) is 15.9. The first kappa shape index (κ1) is 16.3. The van der Waals surface area contributed by atoms with Gasteiger partial charge in [0.15, 0.2) is 6.10 Å². The molecule has 1 unspecified atom stereocenters. The minimum atomic E-state index is -0.673. The summed E-state index contributed by atoms with van der Waals surface area (Å²) in [7, 11) is 0. The fraction of sp³-hybridized carbons (Fsp3) is 0.529. The third kappa shape index (κ3) is 4.48. The first-order chi connectivity index (χ1) is 10.6. The number of hydrogen-bond acceptors (Lipinski definition) is 3. The van der Waals surface area contributed by atoms with E-state index in [9.17, 15) is 9.59 Å². The van der Waals surface area contributed by atoms with Crippen molar-refractivity contribution in [2.24, 2.45) is 5.92 Å². The quantitative estimate of drug-likeness (QED) is 0.840. The zero-order valence-corrected chi connectivity index (χ0v) is 13.2. The van der Waals surface area contributed by atoms with E-state index < -0.39 is 6.10 Å². The predicted molar refractivity (Wildman–Crippen MR) is 84.1 cm³/mol. The fourth-order valence-electron chi connectivity index (χ4n) is 2.62. The van der Waals surface area contributed by atoms with Gasteiger partial charge in [0.2, 0.25) is 5.91 Å². The summed E-state index contributed by atoms with van der Waals surface area (Å²) >= 11 is 0. The van der Waals surface area contributed by atoms with Crippen LogP contribution in [0.2, 0.25) is 0 Å². The molecule has 1 aromatic rings. The predicted octanol–water partition coefficient (Wildman–Crippen LogP) is 2.49. The van der Waals surface area contributed by atoms with Gasteiger partial charge in [0.25, 0.3) is 5.91 Å². The van der Waals surface area contributed by atoms with E-state index >= 15 is 0 Å². The summed E-state index contributed by atoms with van der Waals surface area (Å²) in [5.74, 6) is 0.231. The summed E-state index contributed by atoms with van der Waals surface area (Å²) in [5.41, 5.74) is 5.94. The van der Waals surface area contributed by atoms with Crippen LogP contribution in [0.1, 0.15) is 44.6 Å². The van der Waals surface area contributed by atoms with Crippen molar-refractivity contribution in [2.75, 3.05) is 0 Å². The van der Waals surface area contributed by atoms with Crippen LogP contribution in [0.4, 0.5) is 0 Å². The second-order valence-corrected chi connectivity index (χ2v) is 5.84. The Morgan fingerprint density at radius 1 is 1.14 bits per heavy atom. The maximum Gasteiger partial charge on any atom is 0.279 e. The number of ether oxygens (including phenoxy) is 1. The third-order valence-corrected chi connectivity index (χ3v) is 4.05. The van der Waals surface area contributed by atoms with Gasteiger partial charge < -0.3 is 4.74 Å². The molecular formula is C17H24N2O3. The molecule has 0 aromatic heterocycles. The van der Waals surface area contributed by atoms with Crippen molar-refractivity contribution in [3.8, 4) is 5.75 Å². The molecule has 1 fully saturated rings. The van der Waals surface area contributed by atoms with Gasteiger partial charge in [-0.3, -0.25) is 20.4 Å². The highest BCUT2D eigenvalue weighted by atomic mass is 16.5. The van der Waals surface area contributed by atoms with Crippen molar-refractivity contribution in [2.45, 2.75) is 52.1 Å². The van der Waals surface area contributed by atoms with Crippen LogP contribution in [0.5, 0.6) is 5.75 Å². The van der Waals surface area contributed by atoms with Gasteiger partial charge in [0.1, 0.15) is 5.75 Å². The van der Waals surface area contributed by atoms with Gasteiger partial charge in [-0.05, 0) is 38.3 Å². The molecule has 2 amide bonds. The molecule has 0 aliphatic heterocycles. The van der Waals surface area contributed by atoms with Crippen LogP contribution in [-0.4, -0.2) is 17.9 Å². The van der Waals surface area contributed by atoms with Crippen LogP contribution in [0, 0.1) is 12.8 Å². The van der Waals surface area contributed by atoms with E-state index in [0.29, 0.717) is 5.75 Å². The van der Waals surface area contributed by atoms with Gasteiger partial charge in [0.05, 0.1) is 0 Å². The smallest absolute Gasteiger partial charge is 0.279 e. The molecule has 0 radical (unpaired) electrons. The van der Waals surface area contributed by atoms with Crippen molar-refractivity contribution >= 4 is 11.8 Å². The van der Waals surface area contributed by atoms with E-state index in [4.69, 9.17) is 4.74 Å². The van der Waals surface area contributed by atoms with Crippen molar-refractivity contribution < 1.29 is 14.3 Å². The normalized spacial score (nSPS) is 16.6. The largest absolute Gasteiger partial charge is 0.481 e. The molecule has 2 rings (SSSR count). The van der Waals surface area contributed by atoms with Gasteiger partial charge in [-0.2, -0.15) is 0 Å². The van der Waals surface area contributed by atoms with Crippen molar-refractivity contribution in [3.05, 3.63) is 29.8 Å². The molecule has 0 heterocycles. The molecule has 5 heteroatoms. The van der Waals surface area contributed by atoms with Crippen LogP contribution in [-0.2, 0) is 9.59 Å². The Balaban J connectivity index is 1.79. The standard InChI is InChI=1S/C17H24N2O3/c1-12-8-6-7-11-15(12)22-13(2)16(20)18-19-17(21)14-9-4-3-5-10-14/h6-8,11,13-14H,3-5,9-10H2,1-2H3,(H,18,20)(H,19,21). The van der Waals surface area contributed by atoms with E-state index in [1.54, 1.807) is 6.92 Å². The number of hydrazine groups is 1. The van der Waals surface area contributed by atoms with Crippen LogP contribution >= 0.6 is 0 Å². The highest BCUT2D eigenvalue weighted by Crippen LogP contribution is 2.23. The first-order valence-corrected chi connectivity index (χ1v) is 7.90. The molecule has 1 atom stereocenters. The van der Waals surface area contributed by atoms with Crippen LogP contribution in [0.15, 0.2) is 24.3 Å². The number of amides is 2. The molecule has 1 aliphatic carbocycles. The number of para-hydroxylation sites is 1.